The van der Waals surface area contributed by atoms with Crippen LogP contribution in [0.15, 0.2) is 73.1 Å². The van der Waals surface area contributed by atoms with E-state index in [1.807, 2.05) is 0 Å². The highest BCUT2D eigenvalue weighted by molar-refractivity contribution is 6.06. The van der Waals surface area contributed by atoms with Crippen LogP contribution in [-0.4, -0.2) is 66.1 Å². The summed E-state index contributed by atoms with van der Waals surface area (Å²) in [5, 5.41) is 6.25. The largest absolute Gasteiger partial charge is 0.490 e. The molecule has 2 N–H and O–H groups in total. The number of carbonyl (C=O) groups excluding carboxylic acids is 2. The van der Waals surface area contributed by atoms with Gasteiger partial charge in [0.15, 0.2) is 0 Å². The normalized spacial score (nSPS) is 13.1. The van der Waals surface area contributed by atoms with Crippen LogP contribution in [0.3, 0.4) is 0 Å². The monoisotopic (exact) mass is 551 g/mol. The van der Waals surface area contributed by atoms with E-state index in [1.165, 1.54) is 0 Å². The topological polar surface area (TPSA) is 115 Å². The third-order valence-corrected chi connectivity index (χ3v) is 6.31. The Morgan fingerprint density at radius 1 is 0.976 bits per heavy atom. The maximum atomic E-state index is 12.6. The zero-order valence-corrected chi connectivity index (χ0v) is 22.6. The van der Waals surface area contributed by atoms with Crippen molar-refractivity contribution in [3.8, 4) is 29.1 Å². The summed E-state index contributed by atoms with van der Waals surface area (Å²) in [6, 6.07) is 17.3. The second-order valence-corrected chi connectivity index (χ2v) is 9.10. The van der Waals surface area contributed by atoms with E-state index in [2.05, 4.69) is 37.3 Å². The van der Waals surface area contributed by atoms with Gasteiger partial charge in [0.25, 0.3) is 11.8 Å². The maximum Gasteiger partial charge on any atom is 0.300 e. The van der Waals surface area contributed by atoms with Crippen molar-refractivity contribution in [2.24, 2.45) is 0 Å². The molecule has 1 fully saturated rings. The molecule has 0 aliphatic carbocycles. The van der Waals surface area contributed by atoms with Gasteiger partial charge >= 0.3 is 0 Å². The van der Waals surface area contributed by atoms with Gasteiger partial charge < -0.3 is 24.8 Å². The van der Waals surface area contributed by atoms with E-state index < -0.39 is 5.91 Å². The van der Waals surface area contributed by atoms with Gasteiger partial charge in [0.05, 0.1) is 24.4 Å². The van der Waals surface area contributed by atoms with Crippen molar-refractivity contribution in [1.29, 1.82) is 0 Å². The molecule has 2 aromatic carbocycles. The minimum atomic E-state index is -0.448. The number of fused-ring (bicyclic) bond motifs is 1. The number of ether oxygens (including phenoxy) is 3. The van der Waals surface area contributed by atoms with Crippen LogP contribution in [0.1, 0.15) is 17.3 Å². The van der Waals surface area contributed by atoms with Crippen LogP contribution >= 0.6 is 0 Å². The van der Waals surface area contributed by atoms with Gasteiger partial charge in [-0.15, -0.1) is 0 Å². The first-order chi connectivity index (χ1) is 20.1. The Morgan fingerprint density at radius 2 is 1.80 bits per heavy atom. The highest BCUT2D eigenvalue weighted by Crippen LogP contribution is 2.36. The molecule has 0 bridgehead atoms. The number of rotatable bonds is 9. The summed E-state index contributed by atoms with van der Waals surface area (Å²) >= 11 is 0. The summed E-state index contributed by atoms with van der Waals surface area (Å²) in [6.07, 6.45) is 3.25. The fourth-order valence-electron chi connectivity index (χ4n) is 4.26. The van der Waals surface area contributed by atoms with E-state index >= 15 is 0 Å². The fourth-order valence-corrected chi connectivity index (χ4v) is 4.26. The first-order valence-corrected chi connectivity index (χ1v) is 13.2. The number of carbonyl (C=O) groups is 2. The number of anilines is 2. The van der Waals surface area contributed by atoms with Crippen LogP contribution in [0.4, 0.5) is 11.5 Å². The Labute approximate surface area is 237 Å². The molecule has 1 aliphatic heterocycles. The Morgan fingerprint density at radius 3 is 2.56 bits per heavy atom. The molecule has 208 valence electrons. The lowest BCUT2D eigenvalue weighted by atomic mass is 10.1. The molecule has 10 heteroatoms. The second-order valence-electron chi connectivity index (χ2n) is 9.10. The number of amides is 2. The SMILES string of the molecule is CC#CC(=O)Nc1cc2c(Oc3ccc(C(=O)Nc4ccccn4)cc3)ccnc2cc1OCCN1CCOCC1. The molecule has 0 unspecified atom stereocenters. The number of hydrogen-bond acceptors (Lipinski definition) is 8. The maximum absolute atomic E-state index is 12.6. The Kier molecular flexibility index (Phi) is 9.01. The first-order valence-electron chi connectivity index (χ1n) is 13.2. The summed E-state index contributed by atoms with van der Waals surface area (Å²) in [6.45, 7) is 5.90. The van der Waals surface area contributed by atoms with E-state index in [-0.39, 0.29) is 5.91 Å². The van der Waals surface area contributed by atoms with Gasteiger partial charge in [-0.2, -0.15) is 0 Å². The number of pyridine rings is 2. The molecule has 10 nitrogen and oxygen atoms in total. The Bertz CT molecular complexity index is 1580. The van der Waals surface area contributed by atoms with Crippen molar-refractivity contribution in [2.75, 3.05) is 50.1 Å². The number of nitrogens with one attached hydrogen (secondary N) is 2. The van der Waals surface area contributed by atoms with Gasteiger partial charge in [-0.3, -0.25) is 19.5 Å². The fraction of sp³-hybridized carbons (Fsp3) is 0.226. The molecule has 2 amide bonds. The zero-order valence-electron chi connectivity index (χ0n) is 22.6. The highest BCUT2D eigenvalue weighted by Gasteiger charge is 2.15. The van der Waals surface area contributed by atoms with Gasteiger partial charge in [0.1, 0.15) is 29.7 Å². The predicted octanol–water partition coefficient (Wildman–Crippen LogP) is 4.35. The molecular weight excluding hydrogens is 522 g/mol. The third-order valence-electron chi connectivity index (χ3n) is 6.31. The highest BCUT2D eigenvalue weighted by atomic mass is 16.5. The predicted molar refractivity (Wildman–Crippen MR) is 155 cm³/mol. The zero-order chi connectivity index (χ0) is 28.4. The quantitative estimate of drug-likeness (QED) is 0.295. The van der Waals surface area contributed by atoms with Crippen LogP contribution in [0, 0.1) is 11.8 Å². The standard InChI is InChI=1S/C31H29N5O5/c1-2-5-30(37)34-26-20-24-25(21-28(26)40-19-16-36-14-17-39-18-15-36)32-13-11-27(24)41-23-9-7-22(8-10-23)31(38)35-29-6-3-4-12-33-29/h3-4,6-13,20-21H,14-19H2,1H3,(H,34,37)(H,33,35,38). The van der Waals surface area contributed by atoms with Crippen molar-refractivity contribution < 1.29 is 23.8 Å². The lowest BCUT2D eigenvalue weighted by molar-refractivity contribution is -0.111. The van der Waals surface area contributed by atoms with Crippen molar-refractivity contribution >= 4 is 34.2 Å². The number of aromatic nitrogens is 2. The van der Waals surface area contributed by atoms with Crippen LogP contribution in [0.2, 0.25) is 0 Å². The van der Waals surface area contributed by atoms with E-state index in [1.54, 1.807) is 80.0 Å². The molecule has 1 saturated heterocycles. The Balaban J connectivity index is 1.35. The molecule has 0 saturated carbocycles. The van der Waals surface area contributed by atoms with E-state index in [0.717, 1.165) is 19.6 Å². The van der Waals surface area contributed by atoms with Crippen molar-refractivity contribution in [2.45, 2.75) is 6.92 Å². The molecule has 0 radical (unpaired) electrons. The van der Waals surface area contributed by atoms with E-state index in [0.29, 0.717) is 65.0 Å². The molecule has 4 aromatic rings. The third kappa shape index (κ3) is 7.36. The molecular formula is C31H29N5O5. The van der Waals surface area contributed by atoms with Crippen LogP contribution in [0.5, 0.6) is 17.2 Å². The average Bonchev–Trinajstić information content (AvgIpc) is 2.99. The molecule has 3 heterocycles. The lowest BCUT2D eigenvalue weighted by Gasteiger charge is -2.26. The van der Waals surface area contributed by atoms with Crippen LogP contribution < -0.4 is 20.1 Å². The summed E-state index contributed by atoms with van der Waals surface area (Å²) in [5.74, 6) is 6.40. The van der Waals surface area contributed by atoms with Crippen LogP contribution in [0.25, 0.3) is 10.9 Å². The lowest BCUT2D eigenvalue weighted by Crippen LogP contribution is -2.38. The minimum Gasteiger partial charge on any atom is -0.490 e. The minimum absolute atomic E-state index is 0.277. The molecule has 5 rings (SSSR count). The molecule has 1 aliphatic rings. The van der Waals surface area contributed by atoms with Crippen molar-refractivity contribution in [3.63, 3.8) is 0 Å². The molecule has 0 atom stereocenters. The van der Waals surface area contributed by atoms with Crippen molar-refractivity contribution in [1.82, 2.24) is 14.9 Å². The molecule has 0 spiro atoms. The first kappa shape index (κ1) is 27.6. The number of hydrogen-bond donors (Lipinski definition) is 2. The average molecular weight is 552 g/mol. The van der Waals surface area contributed by atoms with Gasteiger partial charge in [-0.05, 0) is 61.4 Å². The number of nitrogens with zero attached hydrogens (tertiary/aromatic N) is 3. The Hall–Kier alpha value is -4.98. The van der Waals surface area contributed by atoms with Gasteiger partial charge in [-0.1, -0.05) is 12.0 Å². The number of benzene rings is 2. The van der Waals surface area contributed by atoms with Gasteiger partial charge in [0, 0.05) is 49.0 Å². The summed E-state index contributed by atoms with van der Waals surface area (Å²) in [5.41, 5.74) is 1.56. The van der Waals surface area contributed by atoms with E-state index in [4.69, 9.17) is 14.2 Å². The van der Waals surface area contributed by atoms with Crippen LogP contribution in [-0.2, 0) is 9.53 Å². The van der Waals surface area contributed by atoms with Crippen molar-refractivity contribution in [3.05, 3.63) is 78.6 Å². The molecule has 2 aromatic heterocycles. The second kappa shape index (κ2) is 13.4. The van der Waals surface area contributed by atoms with Gasteiger partial charge in [-0.25, -0.2) is 4.98 Å². The summed E-state index contributed by atoms with van der Waals surface area (Å²) < 4.78 is 17.7. The van der Waals surface area contributed by atoms with E-state index in [9.17, 15) is 9.59 Å². The summed E-state index contributed by atoms with van der Waals surface area (Å²) in [7, 11) is 0. The molecule has 41 heavy (non-hydrogen) atoms. The number of morpholine rings is 1. The smallest absolute Gasteiger partial charge is 0.300 e. The summed E-state index contributed by atoms with van der Waals surface area (Å²) in [4.78, 5) is 35.8. The van der Waals surface area contributed by atoms with Gasteiger partial charge in [0.2, 0.25) is 0 Å².